The molecule has 0 spiro atoms. The predicted molar refractivity (Wildman–Crippen MR) is 114 cm³/mol. The fraction of sp³-hybridized carbons (Fsp3) is 0.375. The van der Waals surface area contributed by atoms with Crippen molar-refractivity contribution in [2.75, 3.05) is 27.3 Å². The molecular formula is C24H27NO5. The summed E-state index contributed by atoms with van der Waals surface area (Å²) in [6.07, 6.45) is 3.93. The summed E-state index contributed by atoms with van der Waals surface area (Å²) in [5.74, 6) is 2.44. The van der Waals surface area contributed by atoms with Crippen LogP contribution in [0.4, 0.5) is 0 Å². The van der Waals surface area contributed by atoms with Gasteiger partial charge in [-0.3, -0.25) is 9.69 Å². The maximum atomic E-state index is 13.0. The molecule has 30 heavy (non-hydrogen) atoms. The van der Waals surface area contributed by atoms with Gasteiger partial charge in [0.05, 0.1) is 25.3 Å². The molecule has 2 aromatic carbocycles. The summed E-state index contributed by atoms with van der Waals surface area (Å²) in [6.45, 7) is 4.77. The number of carbonyl (C=O) groups excluding carboxylic acids is 1. The van der Waals surface area contributed by atoms with Gasteiger partial charge in [0, 0.05) is 12.1 Å². The lowest BCUT2D eigenvalue weighted by atomic mass is 9.98. The van der Waals surface area contributed by atoms with Crippen molar-refractivity contribution in [1.82, 2.24) is 4.90 Å². The summed E-state index contributed by atoms with van der Waals surface area (Å²) in [6, 6.07) is 8.66. The van der Waals surface area contributed by atoms with E-state index in [2.05, 4.69) is 11.8 Å². The van der Waals surface area contributed by atoms with Crippen LogP contribution in [0.25, 0.3) is 6.08 Å². The molecule has 0 unspecified atom stereocenters. The van der Waals surface area contributed by atoms with Crippen LogP contribution in [0.3, 0.4) is 0 Å². The minimum Gasteiger partial charge on any atom is -0.507 e. The number of benzene rings is 2. The number of phenols is 1. The number of Topliss-reactive ketones (excluding diaryl/α,β-unsaturated/α-hetero) is 1. The SMILES string of the molecule is COc1cccc(C=C2Oc3c(ccc(O)c3CN3CCC(C)CC3)C2=O)c1OC. The average molecular weight is 409 g/mol. The number of ether oxygens (including phenoxy) is 3. The van der Waals surface area contributed by atoms with E-state index in [1.54, 1.807) is 38.5 Å². The molecule has 1 N–H and O–H groups in total. The van der Waals surface area contributed by atoms with Crippen LogP contribution in [0.5, 0.6) is 23.0 Å². The molecule has 6 heteroatoms. The minimum atomic E-state index is -0.205. The number of hydrogen-bond donors (Lipinski definition) is 1. The third-order valence-corrected chi connectivity index (χ3v) is 5.89. The number of piperidine rings is 1. The van der Waals surface area contributed by atoms with Crippen molar-refractivity contribution in [2.24, 2.45) is 5.92 Å². The molecule has 0 atom stereocenters. The lowest BCUT2D eigenvalue weighted by molar-refractivity contribution is 0.101. The zero-order valence-corrected chi connectivity index (χ0v) is 17.6. The van der Waals surface area contributed by atoms with E-state index in [1.165, 1.54) is 0 Å². The van der Waals surface area contributed by atoms with Crippen molar-refractivity contribution in [3.05, 3.63) is 52.8 Å². The molecule has 0 aliphatic carbocycles. The first-order valence-corrected chi connectivity index (χ1v) is 10.2. The van der Waals surface area contributed by atoms with Crippen LogP contribution >= 0.6 is 0 Å². The van der Waals surface area contributed by atoms with Crippen LogP contribution in [0.1, 0.15) is 41.3 Å². The van der Waals surface area contributed by atoms with Crippen LogP contribution < -0.4 is 14.2 Å². The molecule has 158 valence electrons. The number of hydrogen-bond acceptors (Lipinski definition) is 6. The van der Waals surface area contributed by atoms with E-state index < -0.39 is 0 Å². The van der Waals surface area contributed by atoms with Crippen LogP contribution in [0, 0.1) is 5.92 Å². The van der Waals surface area contributed by atoms with Crippen molar-refractivity contribution in [2.45, 2.75) is 26.3 Å². The van der Waals surface area contributed by atoms with Gasteiger partial charge in [0.25, 0.3) is 0 Å². The van der Waals surface area contributed by atoms with E-state index in [-0.39, 0.29) is 17.3 Å². The van der Waals surface area contributed by atoms with Gasteiger partial charge in [-0.2, -0.15) is 0 Å². The van der Waals surface area contributed by atoms with Gasteiger partial charge >= 0.3 is 0 Å². The van der Waals surface area contributed by atoms with Gasteiger partial charge in [-0.1, -0.05) is 19.1 Å². The highest BCUT2D eigenvalue weighted by molar-refractivity contribution is 6.15. The maximum Gasteiger partial charge on any atom is 0.231 e. The van der Waals surface area contributed by atoms with Gasteiger partial charge in [0.2, 0.25) is 5.78 Å². The highest BCUT2D eigenvalue weighted by Crippen LogP contribution is 2.41. The van der Waals surface area contributed by atoms with Crippen molar-refractivity contribution in [3.63, 3.8) is 0 Å². The second-order valence-electron chi connectivity index (χ2n) is 7.92. The van der Waals surface area contributed by atoms with E-state index in [0.717, 1.165) is 31.8 Å². The molecule has 6 nitrogen and oxygen atoms in total. The Kier molecular flexibility index (Phi) is 5.68. The fourth-order valence-corrected chi connectivity index (χ4v) is 4.06. The Morgan fingerprint density at radius 2 is 1.93 bits per heavy atom. The van der Waals surface area contributed by atoms with E-state index >= 15 is 0 Å². The summed E-state index contributed by atoms with van der Waals surface area (Å²) < 4.78 is 16.8. The number of allylic oxidation sites excluding steroid dienone is 1. The van der Waals surface area contributed by atoms with Crippen LogP contribution in [0.15, 0.2) is 36.1 Å². The first-order chi connectivity index (χ1) is 14.5. The second kappa shape index (κ2) is 8.40. The van der Waals surface area contributed by atoms with E-state index in [0.29, 0.717) is 40.5 Å². The number of carbonyl (C=O) groups is 1. The highest BCUT2D eigenvalue weighted by atomic mass is 16.5. The first kappa shape index (κ1) is 20.3. The second-order valence-corrected chi connectivity index (χ2v) is 7.92. The summed E-state index contributed by atoms with van der Waals surface area (Å²) in [7, 11) is 3.12. The molecule has 2 aromatic rings. The minimum absolute atomic E-state index is 0.153. The van der Waals surface area contributed by atoms with Crippen molar-refractivity contribution < 1.29 is 24.1 Å². The zero-order valence-electron chi connectivity index (χ0n) is 17.6. The number of aromatic hydroxyl groups is 1. The largest absolute Gasteiger partial charge is 0.507 e. The van der Waals surface area contributed by atoms with E-state index in [9.17, 15) is 9.90 Å². The molecule has 2 aliphatic rings. The predicted octanol–water partition coefficient (Wildman–Crippen LogP) is 4.26. The lowest BCUT2D eigenvalue weighted by Gasteiger charge is -2.30. The van der Waals surface area contributed by atoms with Crippen LogP contribution in [0.2, 0.25) is 0 Å². The van der Waals surface area contributed by atoms with Crippen molar-refractivity contribution in [1.29, 1.82) is 0 Å². The Morgan fingerprint density at radius 3 is 2.63 bits per heavy atom. The number of ketones is 1. The number of para-hydroxylation sites is 1. The van der Waals surface area contributed by atoms with Gasteiger partial charge in [-0.05, 0) is 56.1 Å². The van der Waals surface area contributed by atoms with Crippen molar-refractivity contribution in [3.8, 4) is 23.0 Å². The smallest absolute Gasteiger partial charge is 0.231 e. The number of phenolic OH excluding ortho intramolecular Hbond substituents is 1. The Morgan fingerprint density at radius 1 is 1.17 bits per heavy atom. The van der Waals surface area contributed by atoms with Gasteiger partial charge in [-0.15, -0.1) is 0 Å². The number of likely N-dealkylation sites (tertiary alicyclic amines) is 1. The van der Waals surface area contributed by atoms with Gasteiger partial charge in [0.15, 0.2) is 17.3 Å². The monoisotopic (exact) mass is 409 g/mol. The first-order valence-electron chi connectivity index (χ1n) is 10.2. The maximum absolute atomic E-state index is 13.0. The third-order valence-electron chi connectivity index (χ3n) is 5.89. The Labute approximate surface area is 176 Å². The molecule has 4 rings (SSSR count). The molecule has 0 bridgehead atoms. The summed E-state index contributed by atoms with van der Waals surface area (Å²) in [5, 5.41) is 10.5. The lowest BCUT2D eigenvalue weighted by Crippen LogP contribution is -2.32. The molecular weight excluding hydrogens is 382 g/mol. The molecule has 2 aliphatic heterocycles. The zero-order chi connectivity index (χ0) is 21.3. The number of nitrogens with zero attached hydrogens (tertiary/aromatic N) is 1. The number of methoxy groups -OCH3 is 2. The average Bonchev–Trinajstić information content (AvgIpc) is 3.07. The fourth-order valence-electron chi connectivity index (χ4n) is 4.06. The number of fused-ring (bicyclic) bond motifs is 1. The van der Waals surface area contributed by atoms with Gasteiger partial charge < -0.3 is 19.3 Å². The molecule has 0 amide bonds. The van der Waals surface area contributed by atoms with Crippen LogP contribution in [-0.4, -0.2) is 43.1 Å². The topological polar surface area (TPSA) is 68.2 Å². The van der Waals surface area contributed by atoms with Crippen LogP contribution in [-0.2, 0) is 6.54 Å². The van der Waals surface area contributed by atoms with Gasteiger partial charge in [0.1, 0.15) is 11.5 Å². The third kappa shape index (κ3) is 3.75. The Hall–Kier alpha value is -2.99. The summed E-state index contributed by atoms with van der Waals surface area (Å²) in [5.41, 5.74) is 1.82. The highest BCUT2D eigenvalue weighted by Gasteiger charge is 2.32. The van der Waals surface area contributed by atoms with E-state index in [4.69, 9.17) is 14.2 Å². The molecule has 0 saturated carbocycles. The standard InChI is InChI=1S/C24H27NO5/c1-15-9-11-25(12-10-15)14-18-19(26)8-7-17-22(27)21(30-24(17)18)13-16-5-4-6-20(28-2)23(16)29-3/h4-8,13,15,26H,9-12,14H2,1-3H3. The summed E-state index contributed by atoms with van der Waals surface area (Å²) in [4.78, 5) is 15.3. The normalized spacial score (nSPS) is 18.4. The molecule has 1 saturated heterocycles. The van der Waals surface area contributed by atoms with E-state index in [1.807, 2.05) is 12.1 Å². The summed E-state index contributed by atoms with van der Waals surface area (Å²) >= 11 is 0. The molecule has 0 aromatic heterocycles. The molecule has 1 fully saturated rings. The Balaban J connectivity index is 1.66. The van der Waals surface area contributed by atoms with Crippen molar-refractivity contribution >= 4 is 11.9 Å². The van der Waals surface area contributed by atoms with Gasteiger partial charge in [-0.25, -0.2) is 0 Å². The quantitative estimate of drug-likeness (QED) is 0.745. The molecule has 2 heterocycles. The molecule has 0 radical (unpaired) electrons. The number of rotatable bonds is 5. The Bertz CT molecular complexity index is 989.